The maximum Gasteiger partial charge on any atom is 0.120 e. The molecule has 1 aromatic rings. The standard InChI is InChI=1S/C16H25N3O2/c1-3-19(4-2)9-8-18-12-15(20)13-21-16-7-5-6-14(10-16)11-17/h5-7,10,15,18,20H,3-4,8-9,12-13H2,1-2H3. The summed E-state index contributed by atoms with van der Waals surface area (Å²) in [5.74, 6) is 0.608. The highest BCUT2D eigenvalue weighted by Gasteiger charge is 2.06. The van der Waals surface area contributed by atoms with Crippen molar-refractivity contribution in [3.05, 3.63) is 29.8 Å². The smallest absolute Gasteiger partial charge is 0.120 e. The van der Waals surface area contributed by atoms with Crippen LogP contribution in [0.3, 0.4) is 0 Å². The number of aliphatic hydroxyl groups excluding tert-OH is 1. The number of nitrogens with zero attached hydrogens (tertiary/aromatic N) is 2. The van der Waals surface area contributed by atoms with E-state index in [0.717, 1.165) is 26.2 Å². The van der Waals surface area contributed by atoms with Crippen LogP contribution >= 0.6 is 0 Å². The lowest BCUT2D eigenvalue weighted by atomic mass is 10.2. The molecule has 1 rings (SSSR count). The number of ether oxygens (including phenoxy) is 1. The molecule has 1 atom stereocenters. The van der Waals surface area contributed by atoms with Crippen LogP contribution in [0.5, 0.6) is 5.75 Å². The molecule has 0 saturated heterocycles. The fourth-order valence-electron chi connectivity index (χ4n) is 1.95. The second kappa shape index (κ2) is 10.2. The van der Waals surface area contributed by atoms with Gasteiger partial charge in [0.05, 0.1) is 11.6 Å². The molecule has 21 heavy (non-hydrogen) atoms. The number of benzene rings is 1. The third kappa shape index (κ3) is 7.09. The van der Waals surface area contributed by atoms with Crippen LogP contribution in [0.25, 0.3) is 0 Å². The highest BCUT2D eigenvalue weighted by Crippen LogP contribution is 2.12. The van der Waals surface area contributed by atoms with Crippen molar-refractivity contribution < 1.29 is 9.84 Å². The summed E-state index contributed by atoms with van der Waals surface area (Å²) in [6, 6.07) is 8.99. The van der Waals surface area contributed by atoms with E-state index in [1.807, 2.05) is 0 Å². The maximum absolute atomic E-state index is 9.85. The van der Waals surface area contributed by atoms with Crippen molar-refractivity contribution in [1.82, 2.24) is 10.2 Å². The Hall–Kier alpha value is -1.61. The van der Waals surface area contributed by atoms with Gasteiger partial charge in [-0.15, -0.1) is 0 Å². The third-order valence-electron chi connectivity index (χ3n) is 3.28. The van der Waals surface area contributed by atoms with E-state index in [1.54, 1.807) is 24.3 Å². The molecular formula is C16H25N3O2. The van der Waals surface area contributed by atoms with E-state index in [0.29, 0.717) is 17.9 Å². The van der Waals surface area contributed by atoms with Crippen LogP contribution in [0.2, 0.25) is 0 Å². The SMILES string of the molecule is CCN(CC)CCNCC(O)COc1cccc(C#N)c1. The van der Waals surface area contributed by atoms with Crippen LogP contribution < -0.4 is 10.1 Å². The molecule has 0 spiro atoms. The lowest BCUT2D eigenvalue weighted by Crippen LogP contribution is -2.37. The van der Waals surface area contributed by atoms with Gasteiger partial charge >= 0.3 is 0 Å². The third-order valence-corrected chi connectivity index (χ3v) is 3.28. The van der Waals surface area contributed by atoms with E-state index in [9.17, 15) is 5.11 Å². The van der Waals surface area contributed by atoms with E-state index < -0.39 is 6.10 Å². The van der Waals surface area contributed by atoms with Gasteiger partial charge in [0.25, 0.3) is 0 Å². The number of rotatable bonds is 10. The molecule has 0 fully saturated rings. The van der Waals surface area contributed by atoms with Crippen LogP contribution in [0.1, 0.15) is 19.4 Å². The van der Waals surface area contributed by atoms with Gasteiger partial charge < -0.3 is 20.1 Å². The maximum atomic E-state index is 9.85. The van der Waals surface area contributed by atoms with Gasteiger partial charge in [0.2, 0.25) is 0 Å². The van der Waals surface area contributed by atoms with E-state index in [1.165, 1.54) is 0 Å². The Morgan fingerprint density at radius 3 is 2.81 bits per heavy atom. The molecule has 0 aromatic heterocycles. The van der Waals surface area contributed by atoms with Crippen LogP contribution in [0.4, 0.5) is 0 Å². The van der Waals surface area contributed by atoms with Crippen molar-refractivity contribution in [2.45, 2.75) is 20.0 Å². The quantitative estimate of drug-likeness (QED) is 0.635. The minimum Gasteiger partial charge on any atom is -0.491 e. The lowest BCUT2D eigenvalue weighted by molar-refractivity contribution is 0.106. The van der Waals surface area contributed by atoms with Gasteiger partial charge in [-0.3, -0.25) is 0 Å². The Labute approximate surface area is 127 Å². The Morgan fingerprint density at radius 1 is 1.38 bits per heavy atom. The molecule has 0 bridgehead atoms. The van der Waals surface area contributed by atoms with Gasteiger partial charge in [-0.05, 0) is 31.3 Å². The van der Waals surface area contributed by atoms with Crippen molar-refractivity contribution in [2.24, 2.45) is 0 Å². The molecule has 0 aliphatic carbocycles. The molecule has 116 valence electrons. The van der Waals surface area contributed by atoms with E-state index in [-0.39, 0.29) is 6.61 Å². The first-order chi connectivity index (χ1) is 10.2. The number of likely N-dealkylation sites (N-methyl/N-ethyl adjacent to an activating group) is 1. The summed E-state index contributed by atoms with van der Waals surface area (Å²) < 4.78 is 5.48. The summed E-state index contributed by atoms with van der Waals surface area (Å²) in [6.45, 7) is 8.90. The zero-order valence-corrected chi connectivity index (χ0v) is 12.9. The predicted octanol–water partition coefficient (Wildman–Crippen LogP) is 1.23. The van der Waals surface area contributed by atoms with Crippen LogP contribution in [-0.2, 0) is 0 Å². The van der Waals surface area contributed by atoms with Gasteiger partial charge in [-0.2, -0.15) is 5.26 Å². The second-order valence-corrected chi connectivity index (χ2v) is 4.84. The summed E-state index contributed by atoms with van der Waals surface area (Å²) in [5, 5.41) is 21.9. The number of hydrogen-bond donors (Lipinski definition) is 2. The van der Waals surface area contributed by atoms with Gasteiger partial charge in [-0.1, -0.05) is 19.9 Å². The molecule has 1 aromatic carbocycles. The molecule has 0 aliphatic rings. The van der Waals surface area contributed by atoms with Crippen molar-refractivity contribution in [3.8, 4) is 11.8 Å². The summed E-state index contributed by atoms with van der Waals surface area (Å²) >= 11 is 0. The Kier molecular flexibility index (Phi) is 8.44. The highest BCUT2D eigenvalue weighted by atomic mass is 16.5. The molecule has 5 nitrogen and oxygen atoms in total. The number of aliphatic hydroxyl groups is 1. The highest BCUT2D eigenvalue weighted by molar-refractivity contribution is 5.36. The Balaban J connectivity index is 2.19. The zero-order valence-electron chi connectivity index (χ0n) is 12.9. The van der Waals surface area contributed by atoms with Crippen LogP contribution in [0, 0.1) is 11.3 Å². The predicted molar refractivity (Wildman–Crippen MR) is 83.3 cm³/mol. The zero-order chi connectivity index (χ0) is 15.5. The normalized spacial score (nSPS) is 12.1. The summed E-state index contributed by atoms with van der Waals surface area (Å²) in [4.78, 5) is 2.32. The molecule has 0 saturated carbocycles. The second-order valence-electron chi connectivity index (χ2n) is 4.84. The Bertz CT molecular complexity index is 441. The minimum absolute atomic E-state index is 0.215. The molecule has 0 heterocycles. The molecule has 2 N–H and O–H groups in total. The molecule has 1 unspecified atom stereocenters. The van der Waals surface area contributed by atoms with Gasteiger partial charge in [0, 0.05) is 19.6 Å². The average Bonchev–Trinajstić information content (AvgIpc) is 2.53. The van der Waals surface area contributed by atoms with Crippen molar-refractivity contribution >= 4 is 0 Å². The summed E-state index contributed by atoms with van der Waals surface area (Å²) in [6.07, 6.45) is -0.563. The van der Waals surface area contributed by atoms with Crippen molar-refractivity contribution in [1.29, 1.82) is 5.26 Å². The lowest BCUT2D eigenvalue weighted by Gasteiger charge is -2.19. The monoisotopic (exact) mass is 291 g/mol. The van der Waals surface area contributed by atoms with Gasteiger partial charge in [0.15, 0.2) is 0 Å². The van der Waals surface area contributed by atoms with Crippen LogP contribution in [-0.4, -0.2) is 55.4 Å². The van der Waals surface area contributed by atoms with E-state index in [4.69, 9.17) is 10.00 Å². The first kappa shape index (κ1) is 17.4. The average molecular weight is 291 g/mol. The molecule has 0 radical (unpaired) electrons. The summed E-state index contributed by atoms with van der Waals surface area (Å²) in [7, 11) is 0. The first-order valence-electron chi connectivity index (χ1n) is 7.43. The number of nitriles is 1. The van der Waals surface area contributed by atoms with Crippen LogP contribution in [0.15, 0.2) is 24.3 Å². The molecular weight excluding hydrogens is 266 g/mol. The Morgan fingerprint density at radius 2 is 2.14 bits per heavy atom. The number of hydrogen-bond acceptors (Lipinski definition) is 5. The number of nitrogens with one attached hydrogen (secondary N) is 1. The van der Waals surface area contributed by atoms with E-state index >= 15 is 0 Å². The molecule has 5 heteroatoms. The van der Waals surface area contributed by atoms with Gasteiger partial charge in [0.1, 0.15) is 18.5 Å². The fourth-order valence-corrected chi connectivity index (χ4v) is 1.95. The topological polar surface area (TPSA) is 68.5 Å². The minimum atomic E-state index is -0.563. The van der Waals surface area contributed by atoms with E-state index in [2.05, 4.69) is 30.1 Å². The van der Waals surface area contributed by atoms with Gasteiger partial charge in [-0.25, -0.2) is 0 Å². The van der Waals surface area contributed by atoms with Crippen molar-refractivity contribution in [3.63, 3.8) is 0 Å². The largest absolute Gasteiger partial charge is 0.491 e. The molecule has 0 amide bonds. The van der Waals surface area contributed by atoms with Crippen molar-refractivity contribution in [2.75, 3.05) is 39.3 Å². The fraction of sp³-hybridized carbons (Fsp3) is 0.562. The first-order valence-corrected chi connectivity index (χ1v) is 7.43. The summed E-state index contributed by atoms with van der Waals surface area (Å²) in [5.41, 5.74) is 0.555. The molecule has 0 aliphatic heterocycles.